The van der Waals surface area contributed by atoms with Crippen molar-refractivity contribution in [3.63, 3.8) is 0 Å². The Balaban J connectivity index is 1.74. The zero-order chi connectivity index (χ0) is 12.0. The molecular formula is C14H21NO2. The molecule has 0 unspecified atom stereocenters. The van der Waals surface area contributed by atoms with Crippen molar-refractivity contribution in [1.29, 1.82) is 0 Å². The molecule has 3 heteroatoms. The molecule has 3 saturated carbocycles. The average molecular weight is 235 g/mol. The molecule has 5 fully saturated rings. The Morgan fingerprint density at radius 1 is 1.29 bits per heavy atom. The summed E-state index contributed by atoms with van der Waals surface area (Å²) in [6, 6.07) is 0.360. The van der Waals surface area contributed by atoms with Gasteiger partial charge in [0, 0.05) is 12.8 Å². The molecule has 0 aromatic heterocycles. The van der Waals surface area contributed by atoms with Crippen LogP contribution in [0.5, 0.6) is 0 Å². The number of hydrogen-bond donors (Lipinski definition) is 0. The first-order valence-corrected chi connectivity index (χ1v) is 6.93. The molecule has 17 heavy (non-hydrogen) atoms. The summed E-state index contributed by atoms with van der Waals surface area (Å²) in [4.78, 5) is 14.1. The molecule has 2 saturated heterocycles. The SMILES string of the molecule is CC1(C)[C@H]2C[C@@H]3N4C(=O)CC[C@H]4O[C@]3(C)[C@@H]1C2. The van der Waals surface area contributed by atoms with E-state index in [1.165, 1.54) is 6.42 Å². The summed E-state index contributed by atoms with van der Waals surface area (Å²) >= 11 is 0. The molecule has 5 rings (SSSR count). The van der Waals surface area contributed by atoms with E-state index < -0.39 is 0 Å². The third kappa shape index (κ3) is 0.975. The number of rotatable bonds is 0. The first kappa shape index (κ1) is 10.4. The van der Waals surface area contributed by atoms with Gasteiger partial charge < -0.3 is 9.64 Å². The van der Waals surface area contributed by atoms with E-state index in [-0.39, 0.29) is 11.8 Å². The highest BCUT2D eigenvalue weighted by Crippen LogP contribution is 2.67. The van der Waals surface area contributed by atoms with Crippen molar-refractivity contribution in [1.82, 2.24) is 4.90 Å². The second kappa shape index (κ2) is 2.71. The molecule has 5 atom stereocenters. The zero-order valence-corrected chi connectivity index (χ0v) is 10.9. The Hall–Kier alpha value is -0.570. The van der Waals surface area contributed by atoms with Gasteiger partial charge in [-0.15, -0.1) is 0 Å². The fraction of sp³-hybridized carbons (Fsp3) is 0.929. The van der Waals surface area contributed by atoms with Crippen LogP contribution in [0.3, 0.4) is 0 Å². The molecular weight excluding hydrogens is 214 g/mol. The minimum Gasteiger partial charge on any atom is -0.350 e. The summed E-state index contributed by atoms with van der Waals surface area (Å²) in [6.07, 6.45) is 4.14. The summed E-state index contributed by atoms with van der Waals surface area (Å²) in [5.74, 6) is 1.75. The minimum absolute atomic E-state index is 0.0704. The lowest BCUT2D eigenvalue weighted by Crippen LogP contribution is -2.67. The van der Waals surface area contributed by atoms with Crippen molar-refractivity contribution < 1.29 is 9.53 Å². The monoisotopic (exact) mass is 235 g/mol. The fourth-order valence-corrected chi connectivity index (χ4v) is 5.13. The lowest BCUT2D eigenvalue weighted by atomic mass is 9.43. The molecule has 3 nitrogen and oxygen atoms in total. The van der Waals surface area contributed by atoms with Crippen LogP contribution in [0.1, 0.15) is 46.5 Å². The van der Waals surface area contributed by atoms with Crippen LogP contribution in [-0.4, -0.2) is 28.7 Å². The predicted octanol–water partition coefficient (Wildman–Crippen LogP) is 2.16. The largest absolute Gasteiger partial charge is 0.350 e. The first-order chi connectivity index (χ1) is 7.94. The van der Waals surface area contributed by atoms with Gasteiger partial charge >= 0.3 is 0 Å². The Bertz CT molecular complexity index is 405. The van der Waals surface area contributed by atoms with Crippen LogP contribution in [-0.2, 0) is 9.53 Å². The maximum atomic E-state index is 12.0. The van der Waals surface area contributed by atoms with Crippen LogP contribution in [0.25, 0.3) is 0 Å². The first-order valence-electron chi connectivity index (χ1n) is 6.93. The van der Waals surface area contributed by atoms with Crippen LogP contribution in [0.4, 0.5) is 0 Å². The molecule has 0 aromatic carbocycles. The lowest BCUT2D eigenvalue weighted by molar-refractivity contribution is -0.209. The number of ether oxygens (including phenoxy) is 1. The highest BCUT2D eigenvalue weighted by molar-refractivity contribution is 5.79. The Morgan fingerprint density at radius 2 is 2.06 bits per heavy atom. The van der Waals surface area contributed by atoms with Gasteiger partial charge in [-0.3, -0.25) is 4.79 Å². The van der Waals surface area contributed by atoms with Gasteiger partial charge in [0.25, 0.3) is 0 Å². The van der Waals surface area contributed by atoms with Gasteiger partial charge in [-0.25, -0.2) is 0 Å². The smallest absolute Gasteiger partial charge is 0.225 e. The van der Waals surface area contributed by atoms with E-state index in [0.717, 1.165) is 18.8 Å². The summed E-state index contributed by atoms with van der Waals surface area (Å²) in [5.41, 5.74) is 0.340. The van der Waals surface area contributed by atoms with Gasteiger partial charge in [0.15, 0.2) is 0 Å². The minimum atomic E-state index is -0.0704. The van der Waals surface area contributed by atoms with Gasteiger partial charge in [-0.05, 0) is 37.0 Å². The molecule has 0 spiro atoms. The summed E-state index contributed by atoms with van der Waals surface area (Å²) in [5, 5.41) is 0. The van der Waals surface area contributed by atoms with E-state index in [1.54, 1.807) is 0 Å². The molecule has 1 amide bonds. The highest BCUT2D eigenvalue weighted by Gasteiger charge is 2.70. The fourth-order valence-electron chi connectivity index (χ4n) is 5.13. The lowest BCUT2D eigenvalue weighted by Gasteiger charge is -2.64. The van der Waals surface area contributed by atoms with Gasteiger partial charge in [0.1, 0.15) is 6.23 Å². The molecule has 94 valence electrons. The third-order valence-electron chi connectivity index (χ3n) is 6.26. The number of hydrogen-bond acceptors (Lipinski definition) is 2. The van der Waals surface area contributed by atoms with E-state index in [2.05, 4.69) is 25.7 Å². The van der Waals surface area contributed by atoms with Crippen LogP contribution < -0.4 is 0 Å². The number of nitrogens with zero attached hydrogens (tertiary/aromatic N) is 1. The molecule has 2 aliphatic heterocycles. The van der Waals surface area contributed by atoms with Crippen molar-refractivity contribution in [2.45, 2.75) is 64.3 Å². The third-order valence-corrected chi connectivity index (χ3v) is 6.26. The van der Waals surface area contributed by atoms with Crippen LogP contribution in [0.2, 0.25) is 0 Å². The number of carbonyl (C=O) groups excluding carboxylic acids is 1. The van der Waals surface area contributed by atoms with E-state index in [1.807, 2.05) is 0 Å². The summed E-state index contributed by atoms with van der Waals surface area (Å²) < 4.78 is 6.34. The quantitative estimate of drug-likeness (QED) is 0.644. The second-order valence-corrected chi connectivity index (χ2v) is 7.15. The summed E-state index contributed by atoms with van der Waals surface area (Å²) in [7, 11) is 0. The van der Waals surface area contributed by atoms with Crippen molar-refractivity contribution in [2.24, 2.45) is 17.3 Å². The average Bonchev–Trinajstić information content (AvgIpc) is 2.74. The topological polar surface area (TPSA) is 29.5 Å². The molecule has 5 aliphatic rings. The Labute approximate surface area is 102 Å². The molecule has 3 aliphatic carbocycles. The van der Waals surface area contributed by atoms with Crippen molar-refractivity contribution in [3.8, 4) is 0 Å². The van der Waals surface area contributed by atoms with Gasteiger partial charge in [-0.1, -0.05) is 13.8 Å². The highest BCUT2D eigenvalue weighted by atomic mass is 16.5. The van der Waals surface area contributed by atoms with Crippen molar-refractivity contribution in [3.05, 3.63) is 0 Å². The van der Waals surface area contributed by atoms with Crippen molar-refractivity contribution in [2.75, 3.05) is 0 Å². The normalized spacial score (nSPS) is 54.3. The number of fused-ring (bicyclic) bond motifs is 1. The maximum absolute atomic E-state index is 12.0. The van der Waals surface area contributed by atoms with Crippen molar-refractivity contribution >= 4 is 5.91 Å². The van der Waals surface area contributed by atoms with E-state index in [4.69, 9.17) is 4.74 Å². The van der Waals surface area contributed by atoms with Gasteiger partial charge in [0.2, 0.25) is 5.91 Å². The number of amides is 1. The van der Waals surface area contributed by atoms with Gasteiger partial charge in [-0.2, -0.15) is 0 Å². The van der Waals surface area contributed by atoms with E-state index >= 15 is 0 Å². The van der Waals surface area contributed by atoms with Crippen LogP contribution >= 0.6 is 0 Å². The molecule has 0 radical (unpaired) electrons. The van der Waals surface area contributed by atoms with Crippen LogP contribution in [0.15, 0.2) is 0 Å². The summed E-state index contributed by atoms with van der Waals surface area (Å²) in [6.45, 7) is 7.01. The maximum Gasteiger partial charge on any atom is 0.225 e. The zero-order valence-electron chi connectivity index (χ0n) is 10.9. The Kier molecular flexibility index (Phi) is 1.65. The van der Waals surface area contributed by atoms with E-state index in [9.17, 15) is 4.79 Å². The second-order valence-electron chi connectivity index (χ2n) is 7.15. The molecule has 2 heterocycles. The predicted molar refractivity (Wildman–Crippen MR) is 63.1 cm³/mol. The number of carbonyl (C=O) groups is 1. The standard InChI is InChI=1S/C14H21NO2/c1-13(2)8-6-9(13)14(3)10(7-8)15-11(16)4-5-12(15)17-14/h8-10,12H,4-7H2,1-3H3/t8-,9-,10+,12-,14-/m1/s1. The van der Waals surface area contributed by atoms with Crippen LogP contribution in [0, 0.1) is 17.3 Å². The van der Waals surface area contributed by atoms with E-state index in [0.29, 0.717) is 29.7 Å². The molecule has 0 aromatic rings. The molecule has 0 N–H and O–H groups in total. The molecule has 2 bridgehead atoms. The van der Waals surface area contributed by atoms with Gasteiger partial charge in [0.05, 0.1) is 11.6 Å². The Morgan fingerprint density at radius 3 is 2.76 bits per heavy atom.